The zero-order valence-corrected chi connectivity index (χ0v) is 25.5. The number of ether oxygens (including phenoxy) is 2. The largest absolute Gasteiger partial charge is 0.487 e. The molecule has 2 aliphatic rings. The predicted octanol–water partition coefficient (Wildman–Crippen LogP) is 7.52. The summed E-state index contributed by atoms with van der Waals surface area (Å²) in [6, 6.07) is 16.7. The molecular weight excluding hydrogens is 739 g/mol. The Labute approximate surface area is 251 Å². The number of Topliss-reactive ketones (excluding diaryl/α,β-unsaturated/α-hetero) is 1. The van der Waals surface area contributed by atoms with Crippen molar-refractivity contribution in [3.8, 4) is 5.75 Å². The number of ketones is 1. The molecule has 37 heavy (non-hydrogen) atoms. The summed E-state index contributed by atoms with van der Waals surface area (Å²) in [6.07, 6.45) is 0. The minimum Gasteiger partial charge on any atom is -0.487 e. The highest BCUT2D eigenvalue weighted by molar-refractivity contribution is 14.1. The highest BCUT2D eigenvalue weighted by Crippen LogP contribution is 2.48. The smallest absolute Gasteiger partial charge is 0.336 e. The molecule has 0 amide bonds. The summed E-state index contributed by atoms with van der Waals surface area (Å²) in [6.45, 7) is 2.10. The molecule has 0 aromatic heterocycles. The van der Waals surface area contributed by atoms with Gasteiger partial charge < -0.3 is 14.8 Å². The quantitative estimate of drug-likeness (QED) is 0.216. The number of esters is 1. The van der Waals surface area contributed by atoms with Crippen LogP contribution in [0.4, 0.5) is 0 Å². The van der Waals surface area contributed by atoms with E-state index in [2.05, 4.69) is 50.5 Å². The molecule has 0 unspecified atom stereocenters. The molecule has 3 aromatic carbocycles. The number of benzene rings is 3. The van der Waals surface area contributed by atoms with Crippen molar-refractivity contribution in [2.45, 2.75) is 19.4 Å². The second-order valence-corrected chi connectivity index (χ2v) is 11.8. The average Bonchev–Trinajstić information content (AvgIpc) is 3.14. The van der Waals surface area contributed by atoms with E-state index >= 15 is 0 Å². The van der Waals surface area contributed by atoms with E-state index < -0.39 is 11.9 Å². The molecule has 0 bridgehead atoms. The molecule has 188 valence electrons. The lowest BCUT2D eigenvalue weighted by atomic mass is 9.80. The number of hydrogen-bond donors (Lipinski definition) is 1. The summed E-state index contributed by atoms with van der Waals surface area (Å²) in [5, 5.41) is 4.40. The zero-order valence-electron chi connectivity index (χ0n) is 19.6. The number of hydrogen-bond acceptors (Lipinski definition) is 5. The monoisotopic (exact) mass is 757 g/mol. The van der Waals surface area contributed by atoms with E-state index in [1.165, 1.54) is 7.11 Å². The van der Waals surface area contributed by atoms with Gasteiger partial charge in [-0.15, -0.1) is 0 Å². The van der Waals surface area contributed by atoms with E-state index in [1.54, 1.807) is 12.1 Å². The summed E-state index contributed by atoms with van der Waals surface area (Å²) in [7, 11) is 1.35. The van der Waals surface area contributed by atoms with E-state index in [1.807, 2.05) is 49.4 Å². The first-order valence-electron chi connectivity index (χ1n) is 11.2. The van der Waals surface area contributed by atoms with Crippen molar-refractivity contribution in [1.82, 2.24) is 5.32 Å². The van der Waals surface area contributed by atoms with Gasteiger partial charge in [-0.3, -0.25) is 4.79 Å². The van der Waals surface area contributed by atoms with Crippen LogP contribution in [0.2, 0.25) is 10.0 Å². The van der Waals surface area contributed by atoms with Crippen molar-refractivity contribution < 1.29 is 19.1 Å². The maximum Gasteiger partial charge on any atom is 0.336 e. The summed E-state index contributed by atoms with van der Waals surface area (Å²) < 4.78 is 13.0. The van der Waals surface area contributed by atoms with Gasteiger partial charge >= 0.3 is 5.97 Å². The van der Waals surface area contributed by atoms with Crippen molar-refractivity contribution in [2.24, 2.45) is 0 Å². The van der Waals surface area contributed by atoms with Gasteiger partial charge in [-0.1, -0.05) is 53.5 Å². The third-order valence-corrected chi connectivity index (χ3v) is 8.58. The van der Waals surface area contributed by atoms with Crippen LogP contribution in [0, 0.1) is 7.14 Å². The van der Waals surface area contributed by atoms with Crippen LogP contribution in [0.3, 0.4) is 0 Å². The summed E-state index contributed by atoms with van der Waals surface area (Å²) in [4.78, 5) is 26.6. The fraction of sp³-hybridized carbons (Fsp3) is 0.143. The zero-order chi connectivity index (χ0) is 26.4. The Bertz CT molecular complexity index is 1520. The number of allylic oxidation sites excluding steroid dienone is 2. The van der Waals surface area contributed by atoms with Crippen LogP contribution in [0.5, 0.6) is 5.75 Å². The molecule has 1 aliphatic carbocycles. The van der Waals surface area contributed by atoms with Crippen molar-refractivity contribution in [3.05, 3.63) is 111 Å². The van der Waals surface area contributed by atoms with Crippen LogP contribution in [-0.4, -0.2) is 18.9 Å². The number of rotatable bonds is 5. The molecule has 0 saturated carbocycles. The molecule has 9 heteroatoms. The number of carbonyl (C=O) groups is 2. The standard InChI is InChI=1S/C28H19Cl2I2NO4/c1-13-22(28(35)36-2)23(24-25(33-13)17-5-3-4-6-18(17)26(24)34)15-9-20(31)27(21(32)10-15)37-12-14-7-8-16(29)11-19(14)30/h3-11,23,33H,12H2,1-2H3/t23-/m1/s1. The first-order valence-corrected chi connectivity index (χ1v) is 14.1. The minimum atomic E-state index is -0.592. The van der Waals surface area contributed by atoms with E-state index in [0.717, 1.165) is 29.5 Å². The Morgan fingerprint density at radius 3 is 2.35 bits per heavy atom. The maximum absolute atomic E-state index is 13.6. The predicted molar refractivity (Wildman–Crippen MR) is 161 cm³/mol. The van der Waals surface area contributed by atoms with E-state index in [4.69, 9.17) is 32.7 Å². The summed E-state index contributed by atoms with van der Waals surface area (Å²) >= 11 is 16.8. The van der Waals surface area contributed by atoms with Crippen LogP contribution < -0.4 is 10.1 Å². The van der Waals surface area contributed by atoms with Gasteiger partial charge in [-0.2, -0.15) is 0 Å². The van der Waals surface area contributed by atoms with Crippen LogP contribution in [0.15, 0.2) is 71.4 Å². The lowest BCUT2D eigenvalue weighted by molar-refractivity contribution is -0.136. The Hall–Kier alpha value is -2.08. The van der Waals surface area contributed by atoms with Crippen molar-refractivity contribution >= 4 is 85.8 Å². The Morgan fingerprint density at radius 1 is 1.03 bits per heavy atom. The summed E-state index contributed by atoms with van der Waals surface area (Å²) in [5.74, 6) is -0.474. The van der Waals surface area contributed by atoms with Gasteiger partial charge in [0.25, 0.3) is 0 Å². The Morgan fingerprint density at radius 2 is 1.70 bits per heavy atom. The van der Waals surface area contributed by atoms with Crippen LogP contribution in [0.1, 0.15) is 39.9 Å². The minimum absolute atomic E-state index is 0.0975. The van der Waals surface area contributed by atoms with Gasteiger partial charge in [0.05, 0.1) is 25.5 Å². The van der Waals surface area contributed by atoms with E-state index in [-0.39, 0.29) is 12.4 Å². The highest BCUT2D eigenvalue weighted by atomic mass is 127. The van der Waals surface area contributed by atoms with Crippen molar-refractivity contribution in [1.29, 1.82) is 0 Å². The van der Waals surface area contributed by atoms with E-state index in [0.29, 0.717) is 38.2 Å². The first kappa shape index (κ1) is 26.5. The van der Waals surface area contributed by atoms with Crippen LogP contribution >= 0.6 is 68.4 Å². The molecule has 1 atom stereocenters. The maximum atomic E-state index is 13.6. The number of nitrogens with one attached hydrogen (secondary N) is 1. The third-order valence-electron chi connectivity index (χ3n) is 6.40. The lowest BCUT2D eigenvalue weighted by Crippen LogP contribution is -2.29. The fourth-order valence-electron chi connectivity index (χ4n) is 4.72. The number of fused-ring (bicyclic) bond motifs is 2. The van der Waals surface area contributed by atoms with Gasteiger partial charge in [0.15, 0.2) is 5.78 Å². The Kier molecular flexibility index (Phi) is 7.59. The van der Waals surface area contributed by atoms with Gasteiger partial charge in [0, 0.05) is 43.9 Å². The number of carbonyl (C=O) groups excluding carboxylic acids is 2. The molecule has 5 nitrogen and oxygen atoms in total. The lowest BCUT2D eigenvalue weighted by Gasteiger charge is -2.29. The fourth-order valence-corrected chi connectivity index (χ4v) is 7.31. The van der Waals surface area contributed by atoms with E-state index in [9.17, 15) is 9.59 Å². The third kappa shape index (κ3) is 4.79. The Balaban J connectivity index is 1.57. The number of methoxy groups -OCH3 is 1. The van der Waals surface area contributed by atoms with Gasteiger partial charge in [0.2, 0.25) is 0 Å². The first-order chi connectivity index (χ1) is 17.7. The average molecular weight is 758 g/mol. The normalized spacial score (nSPS) is 16.4. The molecule has 5 rings (SSSR count). The van der Waals surface area contributed by atoms with Crippen molar-refractivity contribution in [2.75, 3.05) is 7.11 Å². The molecule has 3 aromatic rings. The molecule has 0 fully saturated rings. The summed E-state index contributed by atoms with van der Waals surface area (Å²) in [5.41, 5.74) is 5.42. The van der Waals surface area contributed by atoms with Crippen LogP contribution in [-0.2, 0) is 16.1 Å². The molecule has 0 spiro atoms. The van der Waals surface area contributed by atoms with Crippen LogP contribution in [0.25, 0.3) is 5.70 Å². The molecule has 0 radical (unpaired) electrons. The highest BCUT2D eigenvalue weighted by Gasteiger charge is 2.43. The molecule has 1 heterocycles. The molecule has 1 aliphatic heterocycles. The SMILES string of the molecule is COC(=O)C1=C(C)NC2=C(C(=O)c3ccccc32)[C@@H]1c1cc(I)c(OCc2ccc(Cl)cc2Cl)c(I)c1. The topological polar surface area (TPSA) is 64.6 Å². The van der Waals surface area contributed by atoms with Gasteiger partial charge in [-0.25, -0.2) is 4.79 Å². The van der Waals surface area contributed by atoms with Gasteiger partial charge in [0.1, 0.15) is 12.4 Å². The number of dihydropyridines is 1. The number of halogens is 4. The van der Waals surface area contributed by atoms with Crippen molar-refractivity contribution in [3.63, 3.8) is 0 Å². The van der Waals surface area contributed by atoms with Gasteiger partial charge in [-0.05, 0) is 81.9 Å². The molecule has 1 N–H and O–H groups in total. The molecule has 0 saturated heterocycles. The molecular formula is C28H19Cl2I2NO4. The second-order valence-electron chi connectivity index (χ2n) is 8.59. The second kappa shape index (κ2) is 10.6.